The Morgan fingerprint density at radius 1 is 1.42 bits per heavy atom. The summed E-state index contributed by atoms with van der Waals surface area (Å²) in [4.78, 5) is 14.5. The fourth-order valence-corrected chi connectivity index (χ4v) is 4.50. The molecule has 2 aromatic rings. The lowest BCUT2D eigenvalue weighted by Crippen LogP contribution is -2.22. The number of rotatable bonds is 2. The second kappa shape index (κ2) is 4.12. The van der Waals surface area contributed by atoms with Gasteiger partial charge in [-0.1, -0.05) is 6.07 Å². The van der Waals surface area contributed by atoms with Crippen LogP contribution < -0.4 is 5.69 Å². The van der Waals surface area contributed by atoms with E-state index in [0.29, 0.717) is 24.0 Å². The van der Waals surface area contributed by atoms with E-state index >= 15 is 0 Å². The van der Waals surface area contributed by atoms with Gasteiger partial charge in [0.15, 0.2) is 9.84 Å². The van der Waals surface area contributed by atoms with Crippen molar-refractivity contribution in [3.63, 3.8) is 0 Å². The summed E-state index contributed by atoms with van der Waals surface area (Å²) in [6.45, 7) is 0.315. The molecular formula is C12H14N2O4S. The number of benzene rings is 1. The van der Waals surface area contributed by atoms with Crippen molar-refractivity contribution in [3.8, 4) is 5.75 Å². The molecule has 0 bridgehead atoms. The Bertz CT molecular complexity index is 788. The topological polar surface area (TPSA) is 92.2 Å². The fourth-order valence-electron chi connectivity index (χ4n) is 2.65. The Hall–Kier alpha value is -1.76. The van der Waals surface area contributed by atoms with Gasteiger partial charge in [0, 0.05) is 6.54 Å². The van der Waals surface area contributed by atoms with Crippen LogP contribution in [0.4, 0.5) is 0 Å². The zero-order valence-electron chi connectivity index (χ0n) is 10.2. The summed E-state index contributed by atoms with van der Waals surface area (Å²) in [5.74, 6) is 0.249. The Balaban J connectivity index is 2.02. The molecule has 102 valence electrons. The van der Waals surface area contributed by atoms with E-state index in [0.717, 1.165) is 0 Å². The molecule has 0 aliphatic carbocycles. The van der Waals surface area contributed by atoms with Crippen LogP contribution in [-0.2, 0) is 16.4 Å². The number of aromatic amines is 1. The van der Waals surface area contributed by atoms with Crippen molar-refractivity contribution in [2.45, 2.75) is 13.0 Å². The van der Waals surface area contributed by atoms with E-state index in [4.69, 9.17) is 0 Å². The van der Waals surface area contributed by atoms with Crippen molar-refractivity contribution in [2.75, 3.05) is 11.5 Å². The van der Waals surface area contributed by atoms with Crippen LogP contribution in [0.25, 0.3) is 11.0 Å². The van der Waals surface area contributed by atoms with Crippen molar-refractivity contribution in [1.29, 1.82) is 0 Å². The number of imidazole rings is 1. The quantitative estimate of drug-likeness (QED) is 0.837. The standard InChI is InChI=1S/C12H14N2O4S/c15-10-3-1-2-9-11(10)14(12(16)13-9)6-8-4-5-19(17,18)7-8/h1-3,8,15H,4-7H2,(H,13,16). The molecule has 1 aromatic carbocycles. The summed E-state index contributed by atoms with van der Waals surface area (Å²) < 4.78 is 24.3. The lowest BCUT2D eigenvalue weighted by Gasteiger charge is -2.09. The normalized spacial score (nSPS) is 22.0. The summed E-state index contributed by atoms with van der Waals surface area (Å²) in [5, 5.41) is 9.84. The Labute approximate surface area is 109 Å². The van der Waals surface area contributed by atoms with Crippen LogP contribution in [0.3, 0.4) is 0 Å². The van der Waals surface area contributed by atoms with Gasteiger partial charge in [0.25, 0.3) is 0 Å². The van der Waals surface area contributed by atoms with Crippen LogP contribution in [-0.4, -0.2) is 34.6 Å². The average Bonchev–Trinajstić information content (AvgIpc) is 2.81. The number of aromatic hydroxyl groups is 1. The summed E-state index contributed by atoms with van der Waals surface area (Å²) in [6.07, 6.45) is 0.565. The smallest absolute Gasteiger partial charge is 0.326 e. The van der Waals surface area contributed by atoms with Gasteiger partial charge in [0.2, 0.25) is 0 Å². The molecule has 0 radical (unpaired) electrons. The Morgan fingerprint density at radius 3 is 2.89 bits per heavy atom. The Morgan fingerprint density at radius 2 is 2.21 bits per heavy atom. The minimum atomic E-state index is -2.96. The van der Waals surface area contributed by atoms with Gasteiger partial charge in [-0.05, 0) is 24.5 Å². The molecule has 6 nitrogen and oxygen atoms in total. The van der Waals surface area contributed by atoms with Crippen molar-refractivity contribution in [1.82, 2.24) is 9.55 Å². The number of hydrogen-bond donors (Lipinski definition) is 2. The highest BCUT2D eigenvalue weighted by Crippen LogP contribution is 2.25. The molecule has 3 rings (SSSR count). The summed E-state index contributed by atoms with van der Waals surface area (Å²) >= 11 is 0. The van der Waals surface area contributed by atoms with E-state index in [-0.39, 0.29) is 28.9 Å². The van der Waals surface area contributed by atoms with Gasteiger partial charge >= 0.3 is 5.69 Å². The number of nitrogens with one attached hydrogen (secondary N) is 1. The number of fused-ring (bicyclic) bond motifs is 1. The molecule has 19 heavy (non-hydrogen) atoms. The van der Waals surface area contributed by atoms with Crippen LogP contribution in [0.1, 0.15) is 6.42 Å². The molecule has 7 heteroatoms. The van der Waals surface area contributed by atoms with Crippen molar-refractivity contribution in [2.24, 2.45) is 5.92 Å². The van der Waals surface area contributed by atoms with Gasteiger partial charge < -0.3 is 10.1 Å². The molecule has 0 amide bonds. The van der Waals surface area contributed by atoms with Crippen LogP contribution in [0, 0.1) is 5.92 Å². The summed E-state index contributed by atoms with van der Waals surface area (Å²) in [7, 11) is -2.96. The number of phenolic OH excluding ortho intramolecular Hbond substituents is 1. The van der Waals surface area contributed by atoms with Crippen molar-refractivity contribution < 1.29 is 13.5 Å². The van der Waals surface area contributed by atoms with E-state index in [9.17, 15) is 18.3 Å². The molecule has 2 N–H and O–H groups in total. The van der Waals surface area contributed by atoms with Crippen LogP contribution in [0.2, 0.25) is 0 Å². The lowest BCUT2D eigenvalue weighted by molar-refractivity contribution is 0.463. The van der Waals surface area contributed by atoms with E-state index in [1.807, 2.05) is 0 Å². The first kappa shape index (κ1) is 12.3. The van der Waals surface area contributed by atoms with E-state index in [1.165, 1.54) is 10.6 Å². The molecular weight excluding hydrogens is 268 g/mol. The molecule has 1 atom stereocenters. The van der Waals surface area contributed by atoms with Gasteiger partial charge in [-0.3, -0.25) is 4.57 Å². The van der Waals surface area contributed by atoms with Crippen molar-refractivity contribution >= 4 is 20.9 Å². The van der Waals surface area contributed by atoms with E-state index in [1.54, 1.807) is 12.1 Å². The zero-order valence-corrected chi connectivity index (χ0v) is 11.0. The number of H-pyrrole nitrogens is 1. The molecule has 1 aliphatic rings. The molecule has 0 saturated carbocycles. The van der Waals surface area contributed by atoms with Gasteiger partial charge in [0.1, 0.15) is 11.3 Å². The second-order valence-corrected chi connectivity index (χ2v) is 7.21. The van der Waals surface area contributed by atoms with Crippen LogP contribution >= 0.6 is 0 Å². The maximum absolute atomic E-state index is 11.9. The first-order chi connectivity index (χ1) is 8.96. The summed E-state index contributed by atoms with van der Waals surface area (Å²) in [6, 6.07) is 4.87. The highest BCUT2D eigenvalue weighted by molar-refractivity contribution is 7.91. The van der Waals surface area contributed by atoms with Gasteiger partial charge in [-0.25, -0.2) is 13.2 Å². The van der Waals surface area contributed by atoms with Crippen molar-refractivity contribution in [3.05, 3.63) is 28.7 Å². The SMILES string of the molecule is O=c1[nH]c2cccc(O)c2n1CC1CCS(=O)(=O)C1. The third-order valence-corrected chi connectivity index (χ3v) is 5.38. The predicted octanol–water partition coefficient (Wildman–Crippen LogP) is 0.470. The number of nitrogens with zero attached hydrogens (tertiary/aromatic N) is 1. The molecule has 1 fully saturated rings. The first-order valence-corrected chi connectivity index (χ1v) is 7.89. The molecule has 1 aliphatic heterocycles. The first-order valence-electron chi connectivity index (χ1n) is 6.07. The van der Waals surface area contributed by atoms with Crippen LogP contribution in [0.15, 0.2) is 23.0 Å². The molecule has 1 saturated heterocycles. The second-order valence-electron chi connectivity index (χ2n) is 4.98. The summed E-state index contributed by atoms with van der Waals surface area (Å²) in [5.41, 5.74) is 0.684. The Kier molecular flexibility index (Phi) is 2.67. The van der Waals surface area contributed by atoms with Gasteiger partial charge in [0.05, 0.1) is 17.0 Å². The average molecular weight is 282 g/mol. The monoisotopic (exact) mass is 282 g/mol. The van der Waals surface area contributed by atoms with E-state index in [2.05, 4.69) is 4.98 Å². The maximum atomic E-state index is 11.9. The molecule has 0 spiro atoms. The minimum Gasteiger partial charge on any atom is -0.506 e. The molecule has 1 aromatic heterocycles. The number of hydrogen-bond acceptors (Lipinski definition) is 4. The number of phenols is 1. The minimum absolute atomic E-state index is 0.0247. The lowest BCUT2D eigenvalue weighted by atomic mass is 10.1. The molecule has 1 unspecified atom stereocenters. The highest BCUT2D eigenvalue weighted by atomic mass is 32.2. The largest absolute Gasteiger partial charge is 0.506 e. The highest BCUT2D eigenvalue weighted by Gasteiger charge is 2.29. The van der Waals surface area contributed by atoms with Gasteiger partial charge in [-0.2, -0.15) is 0 Å². The molecule has 2 heterocycles. The number of sulfone groups is 1. The zero-order chi connectivity index (χ0) is 13.6. The predicted molar refractivity (Wildman–Crippen MR) is 71.0 cm³/mol. The number of aromatic nitrogens is 2. The van der Waals surface area contributed by atoms with Crippen LogP contribution in [0.5, 0.6) is 5.75 Å². The maximum Gasteiger partial charge on any atom is 0.326 e. The van der Waals surface area contributed by atoms with Gasteiger partial charge in [-0.15, -0.1) is 0 Å². The van der Waals surface area contributed by atoms with E-state index < -0.39 is 9.84 Å². The number of para-hydroxylation sites is 1. The third-order valence-electron chi connectivity index (χ3n) is 3.54. The fraction of sp³-hybridized carbons (Fsp3) is 0.417. The third kappa shape index (κ3) is 2.14.